The molecule has 2 aromatic heterocycles. The second kappa shape index (κ2) is 4.83. The van der Waals surface area contributed by atoms with Crippen molar-refractivity contribution in [2.24, 2.45) is 0 Å². The van der Waals surface area contributed by atoms with Gasteiger partial charge in [-0.2, -0.15) is 0 Å². The van der Waals surface area contributed by atoms with Gasteiger partial charge in [-0.15, -0.1) is 0 Å². The van der Waals surface area contributed by atoms with E-state index in [0.29, 0.717) is 16.2 Å². The molecule has 4 atom stereocenters. The first-order chi connectivity index (χ1) is 9.52. The van der Waals surface area contributed by atoms with Crippen LogP contribution in [0.4, 0.5) is 5.82 Å². The van der Waals surface area contributed by atoms with Crippen molar-refractivity contribution >= 4 is 28.6 Å². The van der Waals surface area contributed by atoms with Gasteiger partial charge in [-0.05, 0) is 0 Å². The van der Waals surface area contributed by atoms with Crippen LogP contribution in [0, 0.1) is 0 Å². The van der Waals surface area contributed by atoms with Gasteiger partial charge in [0.1, 0.15) is 29.6 Å². The zero-order valence-electron chi connectivity index (χ0n) is 10.2. The Labute approximate surface area is 118 Å². The average molecular weight is 301 g/mol. The van der Waals surface area contributed by atoms with Gasteiger partial charge in [0.15, 0.2) is 11.9 Å². The van der Waals surface area contributed by atoms with Crippen molar-refractivity contribution in [2.75, 3.05) is 12.3 Å². The van der Waals surface area contributed by atoms with Gasteiger partial charge in [0.2, 0.25) is 0 Å². The molecule has 2 aromatic rings. The summed E-state index contributed by atoms with van der Waals surface area (Å²) >= 11 is 6.01. The molecular formula is C11H13ClN4O4. The lowest BCUT2D eigenvalue weighted by atomic mass is 10.1. The Hall–Kier alpha value is -1.45. The van der Waals surface area contributed by atoms with Crippen molar-refractivity contribution in [2.45, 2.75) is 24.5 Å². The summed E-state index contributed by atoms with van der Waals surface area (Å²) in [6.45, 7) is -0.405. The summed E-state index contributed by atoms with van der Waals surface area (Å²) in [5, 5.41) is 29.2. The minimum Gasteiger partial charge on any atom is -0.394 e. The topological polar surface area (TPSA) is 127 Å². The molecule has 0 bridgehead atoms. The zero-order valence-corrected chi connectivity index (χ0v) is 11.0. The van der Waals surface area contributed by atoms with Gasteiger partial charge in [0, 0.05) is 6.07 Å². The number of fused-ring (bicyclic) bond motifs is 1. The van der Waals surface area contributed by atoms with Crippen LogP contribution in [-0.2, 0) is 4.74 Å². The Morgan fingerprint density at radius 3 is 2.80 bits per heavy atom. The van der Waals surface area contributed by atoms with Gasteiger partial charge >= 0.3 is 0 Å². The van der Waals surface area contributed by atoms with E-state index < -0.39 is 31.1 Å². The molecule has 3 heterocycles. The highest BCUT2D eigenvalue weighted by Gasteiger charge is 2.43. The monoisotopic (exact) mass is 300 g/mol. The summed E-state index contributed by atoms with van der Waals surface area (Å²) in [5.41, 5.74) is 6.39. The Morgan fingerprint density at radius 1 is 1.40 bits per heavy atom. The fraction of sp³-hybridized carbons (Fsp3) is 0.455. The van der Waals surface area contributed by atoms with E-state index in [2.05, 4.69) is 9.97 Å². The van der Waals surface area contributed by atoms with Crippen LogP contribution in [0.3, 0.4) is 0 Å². The maximum atomic E-state index is 10.0. The highest BCUT2D eigenvalue weighted by molar-refractivity contribution is 6.35. The van der Waals surface area contributed by atoms with Crippen LogP contribution in [0.5, 0.6) is 0 Å². The van der Waals surface area contributed by atoms with E-state index in [0.717, 1.165) is 0 Å². The van der Waals surface area contributed by atoms with Crippen LogP contribution in [0.25, 0.3) is 11.2 Å². The van der Waals surface area contributed by atoms with E-state index in [1.165, 1.54) is 17.0 Å². The molecule has 0 saturated carbocycles. The number of nitrogens with zero attached hydrogens (tertiary/aromatic N) is 3. The third-order valence-corrected chi connectivity index (χ3v) is 3.58. The van der Waals surface area contributed by atoms with Crippen LogP contribution < -0.4 is 5.73 Å². The van der Waals surface area contributed by atoms with Crippen molar-refractivity contribution in [1.29, 1.82) is 0 Å². The van der Waals surface area contributed by atoms with Gasteiger partial charge in [-0.3, -0.25) is 4.57 Å². The highest BCUT2D eigenvalue weighted by atomic mass is 35.5. The summed E-state index contributed by atoms with van der Waals surface area (Å²) in [6, 6.07) is 1.47. The third-order valence-electron chi connectivity index (χ3n) is 3.29. The Bertz CT molecular complexity index is 649. The number of anilines is 1. The van der Waals surface area contributed by atoms with E-state index >= 15 is 0 Å². The minimum absolute atomic E-state index is 0.205. The molecule has 3 rings (SSSR count). The normalized spacial score (nSPS) is 30.2. The number of nitrogen functional groups attached to an aromatic ring is 1. The zero-order chi connectivity index (χ0) is 14.4. The molecule has 5 N–H and O–H groups in total. The van der Waals surface area contributed by atoms with Gasteiger partial charge in [-0.1, -0.05) is 11.6 Å². The minimum atomic E-state index is -1.22. The van der Waals surface area contributed by atoms with Gasteiger partial charge in [0.25, 0.3) is 0 Å². The predicted octanol–water partition coefficient (Wildman–Crippen LogP) is -0.722. The van der Waals surface area contributed by atoms with Crippen LogP contribution in [0.15, 0.2) is 12.4 Å². The van der Waals surface area contributed by atoms with E-state index in [-0.39, 0.29) is 5.82 Å². The smallest absolute Gasteiger partial charge is 0.165 e. The molecule has 1 fully saturated rings. The largest absolute Gasteiger partial charge is 0.394 e. The van der Waals surface area contributed by atoms with E-state index in [1.807, 2.05) is 0 Å². The summed E-state index contributed by atoms with van der Waals surface area (Å²) < 4.78 is 6.85. The van der Waals surface area contributed by atoms with E-state index in [4.69, 9.17) is 27.2 Å². The molecule has 0 amide bonds. The number of pyridine rings is 1. The number of aliphatic hydroxyl groups excluding tert-OH is 3. The Morgan fingerprint density at radius 2 is 2.15 bits per heavy atom. The maximum absolute atomic E-state index is 10.0. The quantitative estimate of drug-likeness (QED) is 0.576. The second-order valence-corrected chi connectivity index (χ2v) is 4.99. The molecular weight excluding hydrogens is 288 g/mol. The highest BCUT2D eigenvalue weighted by Crippen LogP contribution is 2.32. The number of rotatable bonds is 2. The molecule has 0 radical (unpaired) electrons. The summed E-state index contributed by atoms with van der Waals surface area (Å²) in [7, 11) is 0. The van der Waals surface area contributed by atoms with E-state index in [1.54, 1.807) is 0 Å². The Kier molecular flexibility index (Phi) is 3.27. The lowest BCUT2D eigenvalue weighted by molar-refractivity contribution is -0.0511. The lowest BCUT2D eigenvalue weighted by Crippen LogP contribution is -2.33. The van der Waals surface area contributed by atoms with Crippen LogP contribution in [0.1, 0.15) is 6.23 Å². The standard InChI is InChI=1S/C11H13ClN4O4/c12-4-1-6(13)15-10-7(4)14-3-16(10)11-9(19)8(18)5(2-17)20-11/h1,3,5,8-9,11,17-19H,2H2,(H2,13,15)/t5-,8+,9+,11-/m0/s1. The first-order valence-corrected chi connectivity index (χ1v) is 6.31. The molecule has 1 aliphatic heterocycles. The summed E-state index contributed by atoms with van der Waals surface area (Å²) in [6.07, 6.45) is -2.81. The number of aliphatic hydroxyl groups is 3. The van der Waals surface area contributed by atoms with Crippen molar-refractivity contribution < 1.29 is 20.1 Å². The first-order valence-electron chi connectivity index (χ1n) is 5.94. The fourth-order valence-electron chi connectivity index (χ4n) is 2.28. The molecule has 108 valence electrons. The van der Waals surface area contributed by atoms with Gasteiger partial charge < -0.3 is 25.8 Å². The van der Waals surface area contributed by atoms with Crippen molar-refractivity contribution in [3.63, 3.8) is 0 Å². The average Bonchev–Trinajstić information content (AvgIpc) is 2.93. The van der Waals surface area contributed by atoms with Crippen LogP contribution in [0.2, 0.25) is 5.02 Å². The number of hydrogen-bond donors (Lipinski definition) is 4. The van der Waals surface area contributed by atoms with Crippen LogP contribution in [-0.4, -0.2) is 54.8 Å². The molecule has 8 nitrogen and oxygen atoms in total. The third kappa shape index (κ3) is 1.93. The van der Waals surface area contributed by atoms with E-state index in [9.17, 15) is 10.2 Å². The summed E-state index contributed by atoms with van der Waals surface area (Å²) in [5.74, 6) is 0.205. The SMILES string of the molecule is Nc1cc(Cl)c2ncn([C@H]3O[C@@H](CO)[C@@H](O)[C@H]3O)c2n1. The summed E-state index contributed by atoms with van der Waals surface area (Å²) in [4.78, 5) is 8.20. The molecule has 1 saturated heterocycles. The van der Waals surface area contributed by atoms with Gasteiger partial charge in [-0.25, -0.2) is 9.97 Å². The number of nitrogens with two attached hydrogens (primary N) is 1. The number of hydrogen-bond acceptors (Lipinski definition) is 7. The predicted molar refractivity (Wildman–Crippen MR) is 70.0 cm³/mol. The van der Waals surface area contributed by atoms with Crippen molar-refractivity contribution in [1.82, 2.24) is 14.5 Å². The second-order valence-electron chi connectivity index (χ2n) is 4.58. The maximum Gasteiger partial charge on any atom is 0.165 e. The first kappa shape index (κ1) is 13.5. The molecule has 0 unspecified atom stereocenters. The molecule has 0 spiro atoms. The number of imidazole rings is 1. The van der Waals surface area contributed by atoms with Gasteiger partial charge in [0.05, 0.1) is 18.0 Å². The Balaban J connectivity index is 2.07. The lowest BCUT2D eigenvalue weighted by Gasteiger charge is -2.16. The van der Waals surface area contributed by atoms with Crippen molar-refractivity contribution in [3.05, 3.63) is 17.4 Å². The number of halogens is 1. The molecule has 0 aromatic carbocycles. The fourth-order valence-corrected chi connectivity index (χ4v) is 2.53. The molecule has 9 heteroatoms. The number of ether oxygens (including phenoxy) is 1. The molecule has 20 heavy (non-hydrogen) atoms. The van der Waals surface area contributed by atoms with Crippen LogP contribution >= 0.6 is 11.6 Å². The number of aromatic nitrogens is 3. The molecule has 0 aliphatic carbocycles. The van der Waals surface area contributed by atoms with Crippen molar-refractivity contribution in [3.8, 4) is 0 Å². The molecule has 1 aliphatic rings.